The van der Waals surface area contributed by atoms with E-state index in [2.05, 4.69) is 4.72 Å². The molecule has 2 N–H and O–H groups in total. The lowest BCUT2D eigenvalue weighted by atomic mass is 10.3. The second-order valence-electron chi connectivity index (χ2n) is 3.55. The summed E-state index contributed by atoms with van der Waals surface area (Å²) in [6.45, 7) is 2.45. The third kappa shape index (κ3) is 8.99. The Kier molecular flexibility index (Phi) is 7.78. The summed E-state index contributed by atoms with van der Waals surface area (Å²) in [5.41, 5.74) is 0. The lowest BCUT2D eigenvalue weighted by molar-refractivity contribution is -0.137. The summed E-state index contributed by atoms with van der Waals surface area (Å²) in [7, 11) is -3.30. The second kappa shape index (κ2) is 7.92. The van der Waals surface area contributed by atoms with Crippen LogP contribution < -0.4 is 4.72 Å². The molecule has 1 atom stereocenters. The van der Waals surface area contributed by atoms with E-state index in [9.17, 15) is 13.2 Å². The molecule has 0 rings (SSSR count). The van der Waals surface area contributed by atoms with Crippen molar-refractivity contribution < 1.29 is 18.3 Å². The van der Waals surface area contributed by atoms with Gasteiger partial charge in [-0.25, -0.2) is 13.1 Å². The molecule has 0 saturated carbocycles. The summed E-state index contributed by atoms with van der Waals surface area (Å²) in [6, 6.07) is 0. The summed E-state index contributed by atoms with van der Waals surface area (Å²) in [4.78, 5) is 10.2. The average molecular weight is 269 g/mol. The molecule has 0 aliphatic carbocycles. The van der Waals surface area contributed by atoms with Crippen LogP contribution in [-0.2, 0) is 14.8 Å². The number of nitrogens with one attached hydrogen (secondary N) is 1. The fourth-order valence-corrected chi connectivity index (χ4v) is 2.47. The molecule has 0 radical (unpaired) electrons. The Balaban J connectivity index is 3.75. The second-order valence-corrected chi connectivity index (χ2v) is 6.75. The van der Waals surface area contributed by atoms with Crippen LogP contribution in [0.25, 0.3) is 0 Å². The van der Waals surface area contributed by atoms with E-state index >= 15 is 0 Å². The van der Waals surface area contributed by atoms with Crippen LogP contribution in [0.3, 0.4) is 0 Å². The van der Waals surface area contributed by atoms with Gasteiger partial charge in [0.25, 0.3) is 0 Å². The molecule has 0 aliphatic rings. The summed E-state index contributed by atoms with van der Waals surface area (Å²) in [5, 5.41) is 8.79. The van der Waals surface area contributed by atoms with Gasteiger partial charge in [-0.1, -0.05) is 6.92 Å². The molecular weight excluding hydrogens is 250 g/mol. The van der Waals surface area contributed by atoms with E-state index in [1.807, 2.05) is 13.2 Å². The zero-order chi connectivity index (χ0) is 12.6. The molecule has 7 heteroatoms. The number of hydrogen-bond donors (Lipinski definition) is 2. The van der Waals surface area contributed by atoms with E-state index in [1.165, 1.54) is 0 Å². The monoisotopic (exact) mass is 269 g/mol. The third-order valence-electron chi connectivity index (χ3n) is 2.08. The predicted molar refractivity (Wildman–Crippen MR) is 66.3 cm³/mol. The number of aliphatic carboxylic acids is 1. The molecule has 16 heavy (non-hydrogen) atoms. The Hall–Kier alpha value is -0.270. The van der Waals surface area contributed by atoms with Gasteiger partial charge in [-0.15, -0.1) is 0 Å². The van der Waals surface area contributed by atoms with Gasteiger partial charge in [-0.3, -0.25) is 4.79 Å². The average Bonchev–Trinajstić information content (AvgIpc) is 2.16. The highest BCUT2D eigenvalue weighted by Gasteiger charge is 2.11. The quantitative estimate of drug-likeness (QED) is 0.650. The number of thioether (sulfide) groups is 1. The summed E-state index contributed by atoms with van der Waals surface area (Å²) in [6.07, 6.45) is 2.80. The maximum Gasteiger partial charge on any atom is 0.303 e. The lowest BCUT2D eigenvalue weighted by Gasteiger charge is -2.09. The smallest absolute Gasteiger partial charge is 0.303 e. The molecule has 0 amide bonds. The number of carbonyl (C=O) groups is 1. The molecule has 5 nitrogen and oxygen atoms in total. The lowest BCUT2D eigenvalue weighted by Crippen LogP contribution is -2.28. The Morgan fingerprint density at radius 1 is 1.50 bits per heavy atom. The van der Waals surface area contributed by atoms with Crippen molar-refractivity contribution in [3.05, 3.63) is 0 Å². The fraction of sp³-hybridized carbons (Fsp3) is 0.889. The van der Waals surface area contributed by atoms with Gasteiger partial charge in [0, 0.05) is 18.2 Å². The molecule has 0 heterocycles. The Labute approximate surface area is 101 Å². The van der Waals surface area contributed by atoms with Gasteiger partial charge in [0.05, 0.1) is 5.75 Å². The largest absolute Gasteiger partial charge is 0.481 e. The highest BCUT2D eigenvalue weighted by Crippen LogP contribution is 2.08. The van der Waals surface area contributed by atoms with Crippen LogP contribution in [0.5, 0.6) is 0 Å². The van der Waals surface area contributed by atoms with Crippen molar-refractivity contribution >= 4 is 27.8 Å². The van der Waals surface area contributed by atoms with Crippen LogP contribution in [0.4, 0.5) is 0 Å². The minimum atomic E-state index is -3.30. The highest BCUT2D eigenvalue weighted by atomic mass is 32.2. The molecule has 0 aliphatic heterocycles. The van der Waals surface area contributed by atoms with E-state index in [0.29, 0.717) is 11.8 Å². The number of carboxylic acid groups (broad SMARTS) is 1. The summed E-state index contributed by atoms with van der Waals surface area (Å²) < 4.78 is 25.2. The standard InChI is InChI=1S/C9H19NO4S2/c1-8(15-2)5-6-10-16(13,14)7-3-4-9(11)12/h8,10H,3-7H2,1-2H3,(H,11,12). The molecule has 1 unspecified atom stereocenters. The van der Waals surface area contributed by atoms with Crippen molar-refractivity contribution in [3.63, 3.8) is 0 Å². The molecule has 0 aromatic rings. The van der Waals surface area contributed by atoms with Crippen molar-refractivity contribution in [2.24, 2.45) is 0 Å². The Bertz CT molecular complexity index is 303. The van der Waals surface area contributed by atoms with E-state index in [1.54, 1.807) is 11.8 Å². The fourth-order valence-electron chi connectivity index (χ4n) is 1.02. The zero-order valence-electron chi connectivity index (χ0n) is 9.60. The number of sulfonamides is 1. The molecule has 0 aromatic carbocycles. The zero-order valence-corrected chi connectivity index (χ0v) is 11.2. The maximum absolute atomic E-state index is 11.4. The van der Waals surface area contributed by atoms with E-state index < -0.39 is 16.0 Å². The van der Waals surface area contributed by atoms with Crippen LogP contribution in [0, 0.1) is 0 Å². The third-order valence-corrected chi connectivity index (χ3v) is 4.59. The first-order valence-electron chi connectivity index (χ1n) is 5.09. The number of carboxylic acids is 1. The molecule has 0 aromatic heterocycles. The first-order chi connectivity index (χ1) is 7.37. The van der Waals surface area contributed by atoms with Crippen molar-refractivity contribution in [1.82, 2.24) is 4.72 Å². The number of hydrogen-bond acceptors (Lipinski definition) is 4. The molecule has 0 bridgehead atoms. The molecule has 0 spiro atoms. The Morgan fingerprint density at radius 2 is 2.12 bits per heavy atom. The molecular formula is C9H19NO4S2. The molecule has 0 fully saturated rings. The minimum absolute atomic E-state index is 0.109. The van der Waals surface area contributed by atoms with Crippen molar-refractivity contribution in [1.29, 1.82) is 0 Å². The van der Waals surface area contributed by atoms with Gasteiger partial charge >= 0.3 is 5.97 Å². The number of rotatable bonds is 9. The minimum Gasteiger partial charge on any atom is -0.481 e. The van der Waals surface area contributed by atoms with Gasteiger partial charge < -0.3 is 5.11 Å². The van der Waals surface area contributed by atoms with Crippen molar-refractivity contribution in [2.45, 2.75) is 31.4 Å². The first-order valence-corrected chi connectivity index (χ1v) is 8.03. The summed E-state index contributed by atoms with van der Waals surface area (Å²) >= 11 is 1.68. The molecule has 0 saturated heterocycles. The predicted octanol–water partition coefficient (Wildman–Crippen LogP) is 0.912. The van der Waals surface area contributed by atoms with Gasteiger partial charge in [0.1, 0.15) is 0 Å². The van der Waals surface area contributed by atoms with Crippen LogP contribution >= 0.6 is 11.8 Å². The van der Waals surface area contributed by atoms with Gasteiger partial charge in [0.2, 0.25) is 10.0 Å². The van der Waals surface area contributed by atoms with Crippen LogP contribution in [0.15, 0.2) is 0 Å². The van der Waals surface area contributed by atoms with E-state index in [4.69, 9.17) is 5.11 Å². The van der Waals surface area contributed by atoms with E-state index in [0.717, 1.165) is 6.42 Å². The van der Waals surface area contributed by atoms with Crippen LogP contribution in [-0.4, -0.2) is 43.3 Å². The summed E-state index contributed by atoms with van der Waals surface area (Å²) in [5.74, 6) is -1.08. The van der Waals surface area contributed by atoms with Crippen molar-refractivity contribution in [2.75, 3.05) is 18.6 Å². The SMILES string of the molecule is CSC(C)CCNS(=O)(=O)CCCC(=O)O. The van der Waals surface area contributed by atoms with Gasteiger partial charge in [-0.05, 0) is 19.1 Å². The van der Waals surface area contributed by atoms with E-state index in [-0.39, 0.29) is 18.6 Å². The highest BCUT2D eigenvalue weighted by molar-refractivity contribution is 7.99. The van der Waals surface area contributed by atoms with Crippen molar-refractivity contribution in [3.8, 4) is 0 Å². The van der Waals surface area contributed by atoms with Gasteiger partial charge in [0.15, 0.2) is 0 Å². The topological polar surface area (TPSA) is 83.5 Å². The van der Waals surface area contributed by atoms with Gasteiger partial charge in [-0.2, -0.15) is 11.8 Å². The van der Waals surface area contributed by atoms with Crippen LogP contribution in [0.1, 0.15) is 26.2 Å². The molecule has 96 valence electrons. The first kappa shape index (κ1) is 15.7. The normalized spacial score (nSPS) is 13.6. The Morgan fingerprint density at radius 3 is 2.62 bits per heavy atom. The maximum atomic E-state index is 11.4. The van der Waals surface area contributed by atoms with Crippen LogP contribution in [0.2, 0.25) is 0 Å².